The Morgan fingerprint density at radius 3 is 2.36 bits per heavy atom. The van der Waals surface area contributed by atoms with Gasteiger partial charge in [0.1, 0.15) is 0 Å². The van der Waals surface area contributed by atoms with E-state index in [0.717, 1.165) is 44.5 Å². The lowest BCUT2D eigenvalue weighted by Gasteiger charge is -2.35. The maximum Gasteiger partial charge on any atom is 0.241 e. The molecule has 2 amide bonds. The highest BCUT2D eigenvalue weighted by atomic mass is 35.5. The van der Waals surface area contributed by atoms with E-state index in [1.54, 1.807) is 6.07 Å². The molecule has 25 heavy (non-hydrogen) atoms. The van der Waals surface area contributed by atoms with Crippen molar-refractivity contribution in [1.82, 2.24) is 9.80 Å². The molecule has 2 fully saturated rings. The number of halogens is 1. The summed E-state index contributed by atoms with van der Waals surface area (Å²) in [5.74, 6) is 0.434. The van der Waals surface area contributed by atoms with Crippen LogP contribution in [0.3, 0.4) is 0 Å². The molecule has 0 atom stereocenters. The van der Waals surface area contributed by atoms with Gasteiger partial charge < -0.3 is 15.1 Å². The first-order valence-corrected chi connectivity index (χ1v) is 9.58. The van der Waals surface area contributed by atoms with E-state index in [0.29, 0.717) is 24.0 Å². The molecule has 2 heterocycles. The third-order valence-corrected chi connectivity index (χ3v) is 5.50. The molecule has 2 saturated heterocycles. The summed E-state index contributed by atoms with van der Waals surface area (Å²) < 4.78 is 0. The number of piperidine rings is 2. The van der Waals surface area contributed by atoms with Gasteiger partial charge >= 0.3 is 0 Å². The second-order valence-corrected chi connectivity index (χ2v) is 7.28. The zero-order valence-corrected chi connectivity index (χ0v) is 15.3. The summed E-state index contributed by atoms with van der Waals surface area (Å²) in [5.41, 5.74) is 0.771. The molecule has 1 aromatic rings. The lowest BCUT2D eigenvalue weighted by atomic mass is 9.94. The number of carbonyl (C=O) groups is 2. The molecule has 0 unspecified atom stereocenters. The molecule has 0 aliphatic carbocycles. The molecule has 1 N–H and O–H groups in total. The zero-order chi connectivity index (χ0) is 17.6. The van der Waals surface area contributed by atoms with Crippen LogP contribution in [0.5, 0.6) is 0 Å². The monoisotopic (exact) mass is 363 g/mol. The van der Waals surface area contributed by atoms with Crippen LogP contribution in [0.25, 0.3) is 0 Å². The highest BCUT2D eigenvalue weighted by Gasteiger charge is 2.30. The van der Waals surface area contributed by atoms with Crippen molar-refractivity contribution in [3.8, 4) is 0 Å². The number of nitrogens with zero attached hydrogens (tertiary/aromatic N) is 2. The summed E-state index contributed by atoms with van der Waals surface area (Å²) in [6.45, 7) is 3.36. The highest BCUT2D eigenvalue weighted by molar-refractivity contribution is 6.33. The number of amides is 2. The lowest BCUT2D eigenvalue weighted by molar-refractivity contribution is -0.140. The van der Waals surface area contributed by atoms with E-state index in [1.165, 1.54) is 6.42 Å². The Kier molecular flexibility index (Phi) is 6.19. The summed E-state index contributed by atoms with van der Waals surface area (Å²) in [7, 11) is 0. The van der Waals surface area contributed by atoms with Crippen molar-refractivity contribution in [1.29, 1.82) is 0 Å². The van der Waals surface area contributed by atoms with Crippen molar-refractivity contribution >= 4 is 29.1 Å². The predicted octanol–water partition coefficient (Wildman–Crippen LogP) is 3.00. The molecule has 3 rings (SSSR count). The number of likely N-dealkylation sites (tertiary alicyclic amines) is 2. The quantitative estimate of drug-likeness (QED) is 0.894. The van der Waals surface area contributed by atoms with Gasteiger partial charge in [0.15, 0.2) is 0 Å². The van der Waals surface area contributed by atoms with Crippen molar-refractivity contribution in [3.05, 3.63) is 29.3 Å². The van der Waals surface area contributed by atoms with E-state index in [2.05, 4.69) is 5.32 Å². The predicted molar refractivity (Wildman–Crippen MR) is 99.7 cm³/mol. The minimum absolute atomic E-state index is 0.0591. The van der Waals surface area contributed by atoms with Gasteiger partial charge in [-0.1, -0.05) is 23.7 Å². The minimum Gasteiger partial charge on any atom is -0.375 e. The van der Waals surface area contributed by atoms with Crippen LogP contribution in [0.15, 0.2) is 24.3 Å². The SMILES string of the molecule is O=C(CNc1ccccc1Cl)N1CCC(C(=O)N2CCCCC2)CC1. The number of rotatable bonds is 4. The average molecular weight is 364 g/mol. The van der Waals surface area contributed by atoms with Crippen molar-refractivity contribution in [2.75, 3.05) is 38.0 Å². The van der Waals surface area contributed by atoms with E-state index in [1.807, 2.05) is 28.0 Å². The molecule has 1 aromatic carbocycles. The molecular weight excluding hydrogens is 338 g/mol. The van der Waals surface area contributed by atoms with E-state index in [4.69, 9.17) is 11.6 Å². The molecule has 0 aromatic heterocycles. The van der Waals surface area contributed by atoms with E-state index >= 15 is 0 Å². The van der Waals surface area contributed by atoms with Crippen LogP contribution in [-0.2, 0) is 9.59 Å². The molecule has 0 spiro atoms. The minimum atomic E-state index is 0.0591. The van der Waals surface area contributed by atoms with Gasteiger partial charge in [-0.05, 0) is 44.2 Å². The molecule has 6 heteroatoms. The Morgan fingerprint density at radius 1 is 1.00 bits per heavy atom. The van der Waals surface area contributed by atoms with Crippen LogP contribution in [-0.4, -0.2) is 54.3 Å². The first-order chi connectivity index (χ1) is 12.1. The van der Waals surface area contributed by atoms with Gasteiger partial charge in [0.2, 0.25) is 11.8 Å². The number of hydrogen-bond acceptors (Lipinski definition) is 3. The first kappa shape index (κ1) is 18.1. The Balaban J connectivity index is 1.44. The van der Waals surface area contributed by atoms with Gasteiger partial charge in [-0.2, -0.15) is 0 Å². The largest absolute Gasteiger partial charge is 0.375 e. The molecule has 5 nitrogen and oxygen atoms in total. The number of para-hydroxylation sites is 1. The van der Waals surface area contributed by atoms with Crippen LogP contribution in [0, 0.1) is 5.92 Å². The molecular formula is C19H26ClN3O2. The molecule has 0 saturated carbocycles. The van der Waals surface area contributed by atoms with Crippen molar-refractivity contribution in [2.24, 2.45) is 5.92 Å². The molecule has 0 radical (unpaired) electrons. The smallest absolute Gasteiger partial charge is 0.241 e. The number of hydrogen-bond donors (Lipinski definition) is 1. The van der Waals surface area contributed by atoms with E-state index in [9.17, 15) is 9.59 Å². The zero-order valence-electron chi connectivity index (χ0n) is 14.5. The lowest BCUT2D eigenvalue weighted by Crippen LogP contribution is -2.46. The van der Waals surface area contributed by atoms with Crippen molar-refractivity contribution in [3.63, 3.8) is 0 Å². The Bertz CT molecular complexity index is 608. The van der Waals surface area contributed by atoms with E-state index < -0.39 is 0 Å². The summed E-state index contributed by atoms with van der Waals surface area (Å²) in [6.07, 6.45) is 5.02. The van der Waals surface area contributed by atoms with Gasteiger partial charge in [0.25, 0.3) is 0 Å². The molecule has 2 aliphatic rings. The standard InChI is InChI=1S/C19H26ClN3O2/c20-16-6-2-3-7-17(16)21-14-18(24)22-12-8-15(9-13-22)19(25)23-10-4-1-5-11-23/h2-3,6-7,15,21H,1,4-5,8-14H2. The maximum absolute atomic E-state index is 12.6. The topological polar surface area (TPSA) is 52.7 Å². The van der Waals surface area contributed by atoms with Crippen LogP contribution in [0.4, 0.5) is 5.69 Å². The normalized spacial score (nSPS) is 18.9. The Morgan fingerprint density at radius 2 is 1.68 bits per heavy atom. The number of carbonyl (C=O) groups excluding carboxylic acids is 2. The summed E-state index contributed by atoms with van der Waals surface area (Å²) >= 11 is 6.09. The first-order valence-electron chi connectivity index (χ1n) is 9.20. The van der Waals surface area contributed by atoms with Crippen LogP contribution in [0.2, 0.25) is 5.02 Å². The van der Waals surface area contributed by atoms with Crippen LogP contribution >= 0.6 is 11.6 Å². The Labute approximate surface area is 154 Å². The van der Waals surface area contributed by atoms with Crippen molar-refractivity contribution < 1.29 is 9.59 Å². The Hall–Kier alpha value is -1.75. The fourth-order valence-corrected chi connectivity index (χ4v) is 3.84. The number of anilines is 1. The maximum atomic E-state index is 12.6. The molecule has 136 valence electrons. The van der Waals surface area contributed by atoms with Gasteiger partial charge in [-0.15, -0.1) is 0 Å². The van der Waals surface area contributed by atoms with Crippen LogP contribution < -0.4 is 5.32 Å². The highest BCUT2D eigenvalue weighted by Crippen LogP contribution is 2.23. The second-order valence-electron chi connectivity index (χ2n) is 6.87. The van der Waals surface area contributed by atoms with Gasteiger partial charge in [0, 0.05) is 32.1 Å². The summed E-state index contributed by atoms with van der Waals surface area (Å²) in [4.78, 5) is 28.8. The third-order valence-electron chi connectivity index (χ3n) is 5.17. The van der Waals surface area contributed by atoms with Gasteiger partial charge in [-0.25, -0.2) is 0 Å². The molecule has 0 bridgehead atoms. The fraction of sp³-hybridized carbons (Fsp3) is 0.579. The summed E-state index contributed by atoms with van der Waals surface area (Å²) in [5, 5.41) is 3.71. The average Bonchev–Trinajstić information content (AvgIpc) is 2.67. The second kappa shape index (κ2) is 8.56. The molecule has 2 aliphatic heterocycles. The summed E-state index contributed by atoms with van der Waals surface area (Å²) in [6, 6.07) is 7.40. The number of nitrogens with one attached hydrogen (secondary N) is 1. The third kappa shape index (κ3) is 4.66. The van der Waals surface area contributed by atoms with Crippen molar-refractivity contribution in [2.45, 2.75) is 32.1 Å². The van der Waals surface area contributed by atoms with E-state index in [-0.39, 0.29) is 18.4 Å². The number of benzene rings is 1. The van der Waals surface area contributed by atoms with Gasteiger partial charge in [0.05, 0.1) is 17.3 Å². The fourth-order valence-electron chi connectivity index (χ4n) is 3.64. The van der Waals surface area contributed by atoms with Gasteiger partial charge in [-0.3, -0.25) is 9.59 Å². The van der Waals surface area contributed by atoms with Crippen LogP contribution in [0.1, 0.15) is 32.1 Å².